The average Bonchev–Trinajstić information content (AvgIpc) is 2.87. The van der Waals surface area contributed by atoms with E-state index in [1.54, 1.807) is 18.5 Å². The number of aryl methyl sites for hydroxylation is 1. The van der Waals surface area contributed by atoms with E-state index in [0.29, 0.717) is 17.2 Å². The van der Waals surface area contributed by atoms with Crippen molar-refractivity contribution >= 4 is 28.8 Å². The molecule has 0 saturated carbocycles. The number of anilines is 1. The highest BCUT2D eigenvalue weighted by molar-refractivity contribution is 7.13. The minimum atomic E-state index is -0.594. The third-order valence-electron chi connectivity index (χ3n) is 3.82. The summed E-state index contributed by atoms with van der Waals surface area (Å²) >= 11 is 1.37. The molecule has 3 heterocycles. The van der Waals surface area contributed by atoms with Gasteiger partial charge in [0.05, 0.1) is 10.7 Å². The van der Waals surface area contributed by atoms with E-state index < -0.39 is 6.04 Å². The molecule has 2 amide bonds. The van der Waals surface area contributed by atoms with Crippen LogP contribution in [0, 0.1) is 12.8 Å². The van der Waals surface area contributed by atoms with Gasteiger partial charge in [0.1, 0.15) is 10.9 Å². The van der Waals surface area contributed by atoms with Crippen LogP contribution >= 0.6 is 11.3 Å². The van der Waals surface area contributed by atoms with Crippen molar-refractivity contribution in [3.05, 3.63) is 39.6 Å². The van der Waals surface area contributed by atoms with Crippen molar-refractivity contribution in [2.45, 2.75) is 39.7 Å². The van der Waals surface area contributed by atoms with Gasteiger partial charge in [0, 0.05) is 24.5 Å². The second-order valence-corrected chi connectivity index (χ2v) is 7.56. The lowest BCUT2D eigenvalue weighted by Gasteiger charge is -2.24. The van der Waals surface area contributed by atoms with Crippen LogP contribution < -0.4 is 10.6 Å². The first-order valence-corrected chi connectivity index (χ1v) is 8.76. The Kier molecular flexibility index (Phi) is 4.62. The summed E-state index contributed by atoms with van der Waals surface area (Å²) in [5.74, 6) is -0.0218. The van der Waals surface area contributed by atoms with E-state index in [1.807, 2.05) is 6.92 Å². The van der Waals surface area contributed by atoms with E-state index in [2.05, 4.69) is 34.4 Å². The second-order valence-electron chi connectivity index (χ2n) is 6.36. The molecule has 24 heavy (non-hydrogen) atoms. The van der Waals surface area contributed by atoms with E-state index in [4.69, 9.17) is 0 Å². The van der Waals surface area contributed by atoms with Crippen LogP contribution in [0.5, 0.6) is 0 Å². The molecule has 1 atom stereocenters. The molecule has 2 aromatic rings. The van der Waals surface area contributed by atoms with Crippen LogP contribution in [0.1, 0.15) is 39.8 Å². The molecule has 0 radical (unpaired) electrons. The van der Waals surface area contributed by atoms with Crippen molar-refractivity contribution in [3.63, 3.8) is 0 Å². The first-order chi connectivity index (χ1) is 11.4. The van der Waals surface area contributed by atoms with Crippen LogP contribution in [0.15, 0.2) is 18.5 Å². The SMILES string of the molecule is Cc1nc(CC(C)C)c(C(=O)NC2Cc3cnccc3NC2=O)s1. The molecule has 0 saturated heterocycles. The van der Waals surface area contributed by atoms with Gasteiger partial charge in [0.15, 0.2) is 0 Å². The molecule has 7 heteroatoms. The Labute approximate surface area is 144 Å². The van der Waals surface area contributed by atoms with Crippen molar-refractivity contribution in [1.29, 1.82) is 0 Å². The summed E-state index contributed by atoms with van der Waals surface area (Å²) in [6.07, 6.45) is 4.54. The number of hydrogen-bond acceptors (Lipinski definition) is 5. The molecule has 1 aliphatic heterocycles. The monoisotopic (exact) mass is 344 g/mol. The van der Waals surface area contributed by atoms with Crippen molar-refractivity contribution in [2.24, 2.45) is 5.92 Å². The molecule has 1 unspecified atom stereocenters. The van der Waals surface area contributed by atoms with Crippen molar-refractivity contribution < 1.29 is 9.59 Å². The summed E-state index contributed by atoms with van der Waals surface area (Å²) in [6.45, 7) is 6.07. The Morgan fingerprint density at radius 2 is 2.29 bits per heavy atom. The Morgan fingerprint density at radius 1 is 1.50 bits per heavy atom. The molecule has 6 nitrogen and oxygen atoms in total. The molecule has 2 N–H and O–H groups in total. The van der Waals surface area contributed by atoms with Gasteiger partial charge in [-0.25, -0.2) is 4.98 Å². The zero-order valence-corrected chi connectivity index (χ0v) is 14.7. The Morgan fingerprint density at radius 3 is 3.04 bits per heavy atom. The lowest BCUT2D eigenvalue weighted by molar-refractivity contribution is -0.118. The molecule has 0 aromatic carbocycles. The van der Waals surface area contributed by atoms with E-state index >= 15 is 0 Å². The zero-order valence-electron chi connectivity index (χ0n) is 13.9. The van der Waals surface area contributed by atoms with Crippen LogP contribution in [-0.4, -0.2) is 27.8 Å². The molecule has 126 valence electrons. The number of thiazole rings is 1. The number of carbonyl (C=O) groups excluding carboxylic acids is 2. The Hall–Kier alpha value is -2.28. The number of amides is 2. The number of nitrogens with one attached hydrogen (secondary N) is 2. The quantitative estimate of drug-likeness (QED) is 0.892. The largest absolute Gasteiger partial charge is 0.339 e. The highest BCUT2D eigenvalue weighted by Gasteiger charge is 2.29. The minimum absolute atomic E-state index is 0.200. The van der Waals surface area contributed by atoms with Crippen molar-refractivity contribution in [1.82, 2.24) is 15.3 Å². The number of rotatable bonds is 4. The third kappa shape index (κ3) is 3.46. The topological polar surface area (TPSA) is 84.0 Å². The Bertz CT molecular complexity index is 785. The van der Waals surface area contributed by atoms with Gasteiger partial charge in [0.25, 0.3) is 5.91 Å². The van der Waals surface area contributed by atoms with Gasteiger partial charge in [-0.2, -0.15) is 0 Å². The van der Waals surface area contributed by atoms with E-state index in [9.17, 15) is 9.59 Å². The summed E-state index contributed by atoms with van der Waals surface area (Å²) in [5, 5.41) is 6.52. The lowest BCUT2D eigenvalue weighted by atomic mass is 10.0. The van der Waals surface area contributed by atoms with Gasteiger partial charge in [-0.3, -0.25) is 14.6 Å². The van der Waals surface area contributed by atoms with Gasteiger partial charge in [-0.1, -0.05) is 13.8 Å². The predicted octanol–water partition coefficient (Wildman–Crippen LogP) is 2.34. The van der Waals surface area contributed by atoms with Crippen LogP contribution in [0.25, 0.3) is 0 Å². The second kappa shape index (κ2) is 6.68. The molecule has 3 rings (SSSR count). The number of fused-ring (bicyclic) bond motifs is 1. The average molecular weight is 344 g/mol. The smallest absolute Gasteiger partial charge is 0.263 e. The van der Waals surface area contributed by atoms with E-state index in [0.717, 1.165) is 28.4 Å². The van der Waals surface area contributed by atoms with E-state index in [1.165, 1.54) is 11.3 Å². The fraction of sp³-hybridized carbons (Fsp3) is 0.412. The number of nitrogens with zero attached hydrogens (tertiary/aromatic N) is 2. The summed E-state index contributed by atoms with van der Waals surface area (Å²) in [7, 11) is 0. The van der Waals surface area contributed by atoms with Crippen LogP contribution in [0.3, 0.4) is 0 Å². The van der Waals surface area contributed by atoms with E-state index in [-0.39, 0.29) is 11.8 Å². The maximum atomic E-state index is 12.6. The number of pyridine rings is 1. The Balaban J connectivity index is 1.77. The van der Waals surface area contributed by atoms with Crippen LogP contribution in [0.2, 0.25) is 0 Å². The van der Waals surface area contributed by atoms with Gasteiger partial charge in [-0.05, 0) is 30.9 Å². The molecule has 0 spiro atoms. The van der Waals surface area contributed by atoms with Gasteiger partial charge >= 0.3 is 0 Å². The summed E-state index contributed by atoms with van der Waals surface area (Å²) < 4.78 is 0. The van der Waals surface area contributed by atoms with Gasteiger partial charge in [-0.15, -0.1) is 11.3 Å². The highest BCUT2D eigenvalue weighted by atomic mass is 32.1. The summed E-state index contributed by atoms with van der Waals surface area (Å²) in [5.41, 5.74) is 2.49. The minimum Gasteiger partial charge on any atom is -0.339 e. The lowest BCUT2D eigenvalue weighted by Crippen LogP contribution is -2.47. The fourth-order valence-electron chi connectivity index (χ4n) is 2.76. The van der Waals surface area contributed by atoms with Crippen molar-refractivity contribution in [3.8, 4) is 0 Å². The number of carbonyl (C=O) groups is 2. The maximum Gasteiger partial charge on any atom is 0.263 e. The molecular formula is C17H20N4O2S. The summed E-state index contributed by atoms with van der Waals surface area (Å²) in [4.78, 5) is 34.0. The van der Waals surface area contributed by atoms with Gasteiger partial charge < -0.3 is 10.6 Å². The standard InChI is InChI=1S/C17H20N4O2S/c1-9(2)6-13-15(24-10(3)19-13)17(23)21-14-7-11-8-18-5-4-12(11)20-16(14)22/h4-5,8-9,14H,6-7H2,1-3H3,(H,20,22)(H,21,23). The fourth-order valence-corrected chi connectivity index (χ4v) is 3.61. The maximum absolute atomic E-state index is 12.6. The zero-order chi connectivity index (χ0) is 17.3. The normalized spacial score (nSPS) is 16.7. The summed E-state index contributed by atoms with van der Waals surface area (Å²) in [6, 6.07) is 1.17. The first kappa shape index (κ1) is 16.6. The third-order valence-corrected chi connectivity index (χ3v) is 4.83. The first-order valence-electron chi connectivity index (χ1n) is 7.95. The number of hydrogen-bond donors (Lipinski definition) is 2. The number of aromatic nitrogens is 2. The predicted molar refractivity (Wildman–Crippen MR) is 93.2 cm³/mol. The molecule has 0 bridgehead atoms. The molecule has 1 aliphatic rings. The molecule has 2 aromatic heterocycles. The van der Waals surface area contributed by atoms with Crippen LogP contribution in [0.4, 0.5) is 5.69 Å². The van der Waals surface area contributed by atoms with Crippen molar-refractivity contribution in [2.75, 3.05) is 5.32 Å². The van der Waals surface area contributed by atoms with Gasteiger partial charge in [0.2, 0.25) is 5.91 Å². The molecular weight excluding hydrogens is 324 g/mol. The molecule has 0 aliphatic carbocycles. The highest BCUT2D eigenvalue weighted by Crippen LogP contribution is 2.23. The molecule has 0 fully saturated rings. The van der Waals surface area contributed by atoms with Crippen LogP contribution in [-0.2, 0) is 17.6 Å².